The van der Waals surface area contributed by atoms with Crippen molar-refractivity contribution >= 4 is 29.0 Å². The maximum absolute atomic E-state index is 14.1. The number of rotatable bonds is 5. The highest BCUT2D eigenvalue weighted by Crippen LogP contribution is 2.28. The number of amides is 1. The molecule has 1 aromatic carbocycles. The van der Waals surface area contributed by atoms with Crippen molar-refractivity contribution in [2.75, 3.05) is 12.4 Å². The molecule has 158 valence electrons. The van der Waals surface area contributed by atoms with E-state index in [1.807, 2.05) is 0 Å². The van der Waals surface area contributed by atoms with Gasteiger partial charge in [0.25, 0.3) is 5.91 Å². The van der Waals surface area contributed by atoms with Crippen LogP contribution in [0.3, 0.4) is 0 Å². The second-order valence-corrected chi connectivity index (χ2v) is 7.93. The van der Waals surface area contributed by atoms with Crippen LogP contribution < -0.4 is 5.32 Å². The molecule has 3 N–H and O–H groups in total. The average Bonchev–Trinajstić information content (AvgIpc) is 3.29. The van der Waals surface area contributed by atoms with Crippen LogP contribution in [0.1, 0.15) is 29.7 Å². The summed E-state index contributed by atoms with van der Waals surface area (Å²) in [6.07, 6.45) is 0.676. The number of halogens is 2. The number of hydrogen-bond acceptors (Lipinski definition) is 7. The molecule has 2 aromatic rings. The maximum Gasteiger partial charge on any atom is 0.272 e. The van der Waals surface area contributed by atoms with Gasteiger partial charge < -0.3 is 20.4 Å². The molecule has 0 radical (unpaired) electrons. The van der Waals surface area contributed by atoms with E-state index in [9.17, 15) is 19.4 Å². The van der Waals surface area contributed by atoms with E-state index in [-0.39, 0.29) is 18.8 Å². The summed E-state index contributed by atoms with van der Waals surface area (Å²) in [5.41, 5.74) is 1.52. The van der Waals surface area contributed by atoms with E-state index in [0.717, 1.165) is 0 Å². The predicted molar refractivity (Wildman–Crippen MR) is 109 cm³/mol. The molecule has 0 saturated heterocycles. The minimum absolute atomic E-state index is 0.0174. The minimum Gasteiger partial charge on any atom is -0.390 e. The number of anilines is 1. The van der Waals surface area contributed by atoms with Crippen LogP contribution in [-0.4, -0.2) is 62.0 Å². The molecule has 1 amide bonds. The van der Waals surface area contributed by atoms with E-state index in [2.05, 4.69) is 20.3 Å². The van der Waals surface area contributed by atoms with Gasteiger partial charge in [-0.25, -0.2) is 14.4 Å². The third-order valence-corrected chi connectivity index (χ3v) is 5.65. The largest absolute Gasteiger partial charge is 0.390 e. The van der Waals surface area contributed by atoms with Gasteiger partial charge in [0, 0.05) is 24.2 Å². The van der Waals surface area contributed by atoms with Crippen LogP contribution in [0, 0.1) is 5.82 Å². The van der Waals surface area contributed by atoms with Crippen molar-refractivity contribution in [1.29, 1.82) is 0 Å². The summed E-state index contributed by atoms with van der Waals surface area (Å²) >= 11 is 5.94. The first-order chi connectivity index (χ1) is 14.3. The summed E-state index contributed by atoms with van der Waals surface area (Å²) < 4.78 is 14.1. The van der Waals surface area contributed by atoms with Gasteiger partial charge in [0.2, 0.25) is 0 Å². The molecule has 1 saturated carbocycles. The molecule has 4 rings (SSSR count). The lowest BCUT2D eigenvalue weighted by Gasteiger charge is -2.22. The van der Waals surface area contributed by atoms with Crippen molar-refractivity contribution in [3.05, 3.63) is 52.2 Å². The molecule has 30 heavy (non-hydrogen) atoms. The second kappa shape index (κ2) is 8.25. The zero-order valence-corrected chi connectivity index (χ0v) is 17.0. The third kappa shape index (κ3) is 3.88. The van der Waals surface area contributed by atoms with Crippen LogP contribution in [0.25, 0.3) is 0 Å². The Kier molecular flexibility index (Phi) is 5.68. The number of nitrogens with one attached hydrogen (secondary N) is 1. The Balaban J connectivity index is 1.56. The smallest absolute Gasteiger partial charge is 0.272 e. The van der Waals surface area contributed by atoms with E-state index in [1.54, 1.807) is 7.05 Å². The Hall–Kier alpha value is -2.62. The monoisotopic (exact) mass is 433 g/mol. The van der Waals surface area contributed by atoms with Gasteiger partial charge in [0.15, 0.2) is 0 Å². The van der Waals surface area contributed by atoms with E-state index in [0.29, 0.717) is 40.5 Å². The van der Waals surface area contributed by atoms with Crippen molar-refractivity contribution in [2.45, 2.75) is 44.2 Å². The van der Waals surface area contributed by atoms with Crippen LogP contribution in [0.2, 0.25) is 5.02 Å². The van der Waals surface area contributed by atoms with Crippen molar-refractivity contribution in [3.8, 4) is 0 Å². The molecule has 1 fully saturated rings. The summed E-state index contributed by atoms with van der Waals surface area (Å²) in [4.78, 5) is 27.2. The van der Waals surface area contributed by atoms with E-state index < -0.39 is 30.0 Å². The number of hydrogen-bond donors (Lipinski definition) is 3. The molecule has 0 bridgehead atoms. The number of aliphatic hydroxyl groups is 2. The van der Waals surface area contributed by atoms with Crippen LogP contribution in [0.4, 0.5) is 10.2 Å². The number of fused-ring (bicyclic) bond motifs is 1. The topological polar surface area (TPSA) is 111 Å². The Bertz CT molecular complexity index is 1020. The number of aliphatic hydroxyl groups excluding tert-OH is 2. The molecule has 0 spiro atoms. The number of nitrogens with zero attached hydrogens (tertiary/aromatic N) is 4. The maximum atomic E-state index is 14.1. The zero-order chi connectivity index (χ0) is 21.4. The van der Waals surface area contributed by atoms with Gasteiger partial charge in [-0.1, -0.05) is 11.6 Å². The van der Waals surface area contributed by atoms with Gasteiger partial charge in [-0.05, 0) is 31.0 Å². The summed E-state index contributed by atoms with van der Waals surface area (Å²) in [6, 6.07) is 3.79. The van der Waals surface area contributed by atoms with Crippen molar-refractivity contribution in [2.24, 2.45) is 4.99 Å². The number of likely N-dealkylation sites (N-methyl/N-ethyl adjacent to an activating group) is 1. The fourth-order valence-corrected chi connectivity index (χ4v) is 3.97. The minimum atomic E-state index is -0.929. The molecule has 2 heterocycles. The zero-order valence-electron chi connectivity index (χ0n) is 16.2. The molecule has 2 aliphatic rings. The Morgan fingerprint density at radius 3 is 2.87 bits per heavy atom. The lowest BCUT2D eigenvalue weighted by Crippen LogP contribution is -2.36. The van der Waals surface area contributed by atoms with Gasteiger partial charge in [-0.3, -0.25) is 9.79 Å². The quantitative estimate of drug-likeness (QED) is 0.659. The van der Waals surface area contributed by atoms with Crippen LogP contribution in [-0.2, 0) is 17.9 Å². The van der Waals surface area contributed by atoms with Gasteiger partial charge in [-0.15, -0.1) is 0 Å². The van der Waals surface area contributed by atoms with E-state index in [4.69, 9.17) is 11.6 Å². The average molecular weight is 434 g/mol. The first-order valence-electron chi connectivity index (χ1n) is 9.56. The molecule has 10 heteroatoms. The highest BCUT2D eigenvalue weighted by molar-refractivity contribution is 6.47. The summed E-state index contributed by atoms with van der Waals surface area (Å²) in [7, 11) is 1.55. The molecule has 1 aromatic heterocycles. The summed E-state index contributed by atoms with van der Waals surface area (Å²) in [5.74, 6) is -0.477. The first kappa shape index (κ1) is 20.6. The number of aliphatic imine (C=N–C) groups is 1. The Morgan fingerprint density at radius 1 is 1.33 bits per heavy atom. The van der Waals surface area contributed by atoms with Gasteiger partial charge in [0.05, 0.1) is 36.1 Å². The molecule has 1 aliphatic heterocycles. The van der Waals surface area contributed by atoms with Crippen LogP contribution in [0.5, 0.6) is 0 Å². The number of carbonyl (C=O) groups excluding carboxylic acids is 1. The molecular formula is C20H21ClFN5O3. The number of aromatic nitrogens is 2. The lowest BCUT2D eigenvalue weighted by molar-refractivity contribution is -0.123. The predicted octanol–water partition coefficient (Wildman–Crippen LogP) is 1.53. The van der Waals surface area contributed by atoms with Crippen molar-refractivity contribution in [1.82, 2.24) is 14.9 Å². The molecule has 8 nitrogen and oxygen atoms in total. The van der Waals surface area contributed by atoms with Gasteiger partial charge >= 0.3 is 0 Å². The molecule has 0 unspecified atom stereocenters. The van der Waals surface area contributed by atoms with Gasteiger partial charge in [0.1, 0.15) is 23.7 Å². The highest BCUT2D eigenvalue weighted by atomic mass is 35.5. The van der Waals surface area contributed by atoms with E-state index >= 15 is 0 Å². The van der Waals surface area contributed by atoms with Crippen LogP contribution >= 0.6 is 11.6 Å². The summed E-state index contributed by atoms with van der Waals surface area (Å²) in [5, 5.41) is 23.4. The summed E-state index contributed by atoms with van der Waals surface area (Å²) in [6.45, 7) is 0.242. The molecular weight excluding hydrogens is 413 g/mol. The van der Waals surface area contributed by atoms with Crippen molar-refractivity contribution < 1.29 is 19.4 Å². The lowest BCUT2D eigenvalue weighted by atomic mass is 10.1. The van der Waals surface area contributed by atoms with E-state index in [1.165, 1.54) is 29.4 Å². The van der Waals surface area contributed by atoms with Gasteiger partial charge in [-0.2, -0.15) is 0 Å². The third-order valence-electron chi connectivity index (χ3n) is 5.42. The normalized spacial score (nSPS) is 22.6. The standard InChI is InChI=1S/C20H21ClFN5O3/c1-27(8-10-6-11(21)2-3-12(10)22)20(30)17-16-14(7-23-17)24-9-25-19(16)26-13-4-5-15(28)18(13)29/h2-3,6,9,13,15,18,28-29H,4-5,7-8H2,1H3,(H,24,25,26)/t13-,15-,18+/m1/s1. The molecule has 1 aliphatic carbocycles. The fourth-order valence-electron chi connectivity index (χ4n) is 3.77. The highest BCUT2D eigenvalue weighted by Gasteiger charge is 2.36. The number of benzene rings is 1. The van der Waals surface area contributed by atoms with Crippen molar-refractivity contribution in [3.63, 3.8) is 0 Å². The Morgan fingerprint density at radius 2 is 2.13 bits per heavy atom. The SMILES string of the molecule is CN(Cc1cc(Cl)ccc1F)C(=O)C1=NCc2ncnc(N[C@@H]3CC[C@@H](O)[C@H]3O)c21. The second-order valence-electron chi connectivity index (χ2n) is 7.49. The number of carbonyl (C=O) groups is 1. The van der Waals surface area contributed by atoms with Crippen LogP contribution in [0.15, 0.2) is 29.5 Å². The molecule has 3 atom stereocenters. The Labute approximate surface area is 177 Å². The first-order valence-corrected chi connectivity index (χ1v) is 9.93. The fraction of sp³-hybridized carbons (Fsp3) is 0.400.